The van der Waals surface area contributed by atoms with Crippen LogP contribution in [0.4, 0.5) is 0 Å². The average Bonchev–Trinajstić information content (AvgIpc) is 2.99. The third kappa shape index (κ3) is 5.41. The summed E-state index contributed by atoms with van der Waals surface area (Å²) < 4.78 is 12.4. The van der Waals surface area contributed by atoms with E-state index in [0.29, 0.717) is 5.92 Å². The monoisotopic (exact) mass is 424 g/mol. The van der Waals surface area contributed by atoms with E-state index in [-0.39, 0.29) is 0 Å². The van der Waals surface area contributed by atoms with Crippen molar-refractivity contribution in [2.45, 2.75) is 83.0 Å². The van der Waals surface area contributed by atoms with Gasteiger partial charge < -0.3 is 0 Å². The van der Waals surface area contributed by atoms with Gasteiger partial charge in [-0.3, -0.25) is 0 Å². The second-order valence-corrected chi connectivity index (χ2v) is 21.6. The number of fused-ring (bicyclic) bond motifs is 1. The second kappa shape index (κ2) is 9.96. The molecule has 2 heteroatoms. The van der Waals surface area contributed by atoms with E-state index in [0.717, 1.165) is 6.61 Å². The molecule has 0 saturated heterocycles. The molecule has 0 spiro atoms. The number of unbranched alkanes of at least 4 members (excludes halogenated alkanes) is 3. The van der Waals surface area contributed by atoms with Crippen LogP contribution in [0.15, 0.2) is 24.3 Å². The molecule has 1 aromatic rings. The molecule has 0 amide bonds. The van der Waals surface area contributed by atoms with Gasteiger partial charge in [-0.25, -0.2) is 0 Å². The first kappa shape index (κ1) is 19.1. The normalized spacial score (nSPS) is 17.1. The maximum atomic E-state index is 6.00. The fourth-order valence-electron chi connectivity index (χ4n) is 4.26. The van der Waals surface area contributed by atoms with Gasteiger partial charge in [0.05, 0.1) is 0 Å². The van der Waals surface area contributed by atoms with Crippen LogP contribution < -0.4 is 4.74 Å². The van der Waals surface area contributed by atoms with Gasteiger partial charge >= 0.3 is 148 Å². The zero-order chi connectivity index (χ0) is 16.5. The molecule has 1 aliphatic rings. The van der Waals surface area contributed by atoms with E-state index < -0.39 is 18.4 Å². The van der Waals surface area contributed by atoms with Crippen LogP contribution in [0, 0.1) is 0 Å². The predicted octanol–water partition coefficient (Wildman–Crippen LogP) is 7.01. The molecule has 1 aliphatic heterocycles. The van der Waals surface area contributed by atoms with Crippen molar-refractivity contribution in [3.63, 3.8) is 0 Å². The standard InChI is InChI=1S/C9H9O.3C4H9.Sn/c1-7-6-10-9-5-3-2-4-8(7)9;3*1-3-4-2;/h2-5,7H,1,6H2;3*1,3-4H2,2H3;. The van der Waals surface area contributed by atoms with Gasteiger partial charge in [-0.05, 0) is 0 Å². The fraction of sp³-hybridized carbons (Fsp3) is 0.714. The molecule has 1 aromatic carbocycles. The van der Waals surface area contributed by atoms with Gasteiger partial charge in [0, 0.05) is 0 Å². The number of hydrogen-bond acceptors (Lipinski definition) is 1. The Labute approximate surface area is 148 Å². The fourth-order valence-corrected chi connectivity index (χ4v) is 21.5. The Balaban J connectivity index is 2.14. The van der Waals surface area contributed by atoms with Gasteiger partial charge in [0.1, 0.15) is 0 Å². The van der Waals surface area contributed by atoms with Crippen LogP contribution in [-0.2, 0) is 0 Å². The van der Waals surface area contributed by atoms with E-state index in [9.17, 15) is 0 Å². The molecule has 1 atom stereocenters. The molecule has 23 heavy (non-hydrogen) atoms. The molecule has 0 aromatic heterocycles. The number of benzene rings is 1. The summed E-state index contributed by atoms with van der Waals surface area (Å²) in [6.45, 7) is 8.04. The van der Waals surface area contributed by atoms with E-state index >= 15 is 0 Å². The van der Waals surface area contributed by atoms with Crippen molar-refractivity contribution in [2.24, 2.45) is 0 Å². The van der Waals surface area contributed by atoms with Crippen LogP contribution in [0.3, 0.4) is 0 Å². The average molecular weight is 423 g/mol. The third-order valence-corrected chi connectivity index (χ3v) is 21.6. The summed E-state index contributed by atoms with van der Waals surface area (Å²) in [6.07, 6.45) is 8.52. The molecule has 2 rings (SSSR count). The van der Waals surface area contributed by atoms with E-state index in [1.54, 1.807) is 13.3 Å². The summed E-state index contributed by atoms with van der Waals surface area (Å²) in [7, 11) is 0. The molecule has 0 aliphatic carbocycles. The van der Waals surface area contributed by atoms with Crippen LogP contribution in [0.2, 0.25) is 17.7 Å². The van der Waals surface area contributed by atoms with Gasteiger partial charge in [-0.1, -0.05) is 0 Å². The third-order valence-electron chi connectivity index (χ3n) is 5.66. The predicted molar refractivity (Wildman–Crippen MR) is 104 cm³/mol. The van der Waals surface area contributed by atoms with Crippen molar-refractivity contribution in [1.29, 1.82) is 0 Å². The minimum atomic E-state index is -2.05. The Morgan fingerprint density at radius 1 is 0.913 bits per heavy atom. The van der Waals surface area contributed by atoms with E-state index in [1.807, 2.05) is 0 Å². The molecule has 1 unspecified atom stereocenters. The van der Waals surface area contributed by atoms with Crippen molar-refractivity contribution in [1.82, 2.24) is 0 Å². The SMILES string of the molecule is CCC[CH2][Sn]([CH2]CCC)([CH2]CCC)[CH2]C1COc2ccccc21. The topological polar surface area (TPSA) is 9.23 Å². The number of ether oxygens (including phenoxy) is 1. The maximum absolute atomic E-state index is 6.00. The van der Waals surface area contributed by atoms with Crippen LogP contribution in [0.5, 0.6) is 5.75 Å². The van der Waals surface area contributed by atoms with E-state index in [1.165, 1.54) is 54.3 Å². The molecule has 0 saturated carbocycles. The zero-order valence-corrected chi connectivity index (χ0v) is 18.4. The molecule has 0 fully saturated rings. The van der Waals surface area contributed by atoms with Crippen molar-refractivity contribution in [3.05, 3.63) is 29.8 Å². The second-order valence-electron chi connectivity index (χ2n) is 7.56. The quantitative estimate of drug-likeness (QED) is 0.348. The van der Waals surface area contributed by atoms with Crippen LogP contribution in [0.25, 0.3) is 0 Å². The van der Waals surface area contributed by atoms with Gasteiger partial charge in [0.25, 0.3) is 0 Å². The Morgan fingerprint density at radius 2 is 1.48 bits per heavy atom. The molecule has 130 valence electrons. The van der Waals surface area contributed by atoms with Gasteiger partial charge in [-0.2, -0.15) is 0 Å². The first-order valence-electron chi connectivity index (χ1n) is 9.96. The first-order valence-corrected chi connectivity index (χ1v) is 18.0. The van der Waals surface area contributed by atoms with Gasteiger partial charge in [-0.15, -0.1) is 0 Å². The Bertz CT molecular complexity index is 435. The van der Waals surface area contributed by atoms with Crippen LogP contribution >= 0.6 is 0 Å². The molecular weight excluding hydrogens is 387 g/mol. The van der Waals surface area contributed by atoms with Crippen LogP contribution in [0.1, 0.15) is 70.8 Å². The Kier molecular flexibility index (Phi) is 8.29. The number of hydrogen-bond donors (Lipinski definition) is 0. The van der Waals surface area contributed by atoms with Crippen LogP contribution in [-0.4, -0.2) is 25.0 Å². The van der Waals surface area contributed by atoms with Gasteiger partial charge in [0.15, 0.2) is 0 Å². The number of para-hydroxylation sites is 1. The van der Waals surface area contributed by atoms with E-state index in [2.05, 4.69) is 45.0 Å². The summed E-state index contributed by atoms with van der Waals surface area (Å²) in [4.78, 5) is 0. The Morgan fingerprint density at radius 3 is 2.04 bits per heavy atom. The summed E-state index contributed by atoms with van der Waals surface area (Å²) in [5.74, 6) is 1.87. The first-order chi connectivity index (χ1) is 11.2. The van der Waals surface area contributed by atoms with Crippen molar-refractivity contribution < 1.29 is 4.74 Å². The molecular formula is C21H36OSn. The van der Waals surface area contributed by atoms with Crippen molar-refractivity contribution in [2.75, 3.05) is 6.61 Å². The summed E-state index contributed by atoms with van der Waals surface area (Å²) >= 11 is -2.05. The van der Waals surface area contributed by atoms with E-state index in [4.69, 9.17) is 4.74 Å². The summed E-state index contributed by atoms with van der Waals surface area (Å²) in [5.41, 5.74) is 1.51. The molecule has 1 heterocycles. The zero-order valence-electron chi connectivity index (χ0n) is 15.6. The Hall–Kier alpha value is -0.181. The minimum absolute atomic E-state index is 0.701. The van der Waals surface area contributed by atoms with Gasteiger partial charge in [0.2, 0.25) is 0 Å². The number of rotatable bonds is 11. The molecule has 1 nitrogen and oxygen atoms in total. The molecule has 0 N–H and O–H groups in total. The summed E-state index contributed by atoms with van der Waals surface area (Å²) in [6, 6.07) is 8.80. The molecule has 0 bridgehead atoms. The summed E-state index contributed by atoms with van der Waals surface area (Å²) in [5, 5.41) is 0. The molecule has 0 radical (unpaired) electrons. The van der Waals surface area contributed by atoms with Crippen molar-refractivity contribution in [3.8, 4) is 5.75 Å². The van der Waals surface area contributed by atoms with Crippen molar-refractivity contribution >= 4 is 18.4 Å².